The molecule has 4 rings (SSSR count). The Balaban J connectivity index is 1.53. The van der Waals surface area contributed by atoms with E-state index in [2.05, 4.69) is 22.1 Å². The highest BCUT2D eigenvalue weighted by molar-refractivity contribution is 6.30. The molecule has 0 bridgehead atoms. The zero-order chi connectivity index (χ0) is 26.4. The van der Waals surface area contributed by atoms with E-state index in [4.69, 9.17) is 11.6 Å². The molecular formula is C28H32ClF2N5O. The normalized spacial score (nSPS) is 23.2. The van der Waals surface area contributed by atoms with E-state index in [1.165, 1.54) is 17.7 Å². The minimum atomic E-state index is -0.643. The number of hydrogen-bond acceptors (Lipinski definition) is 5. The van der Waals surface area contributed by atoms with Crippen molar-refractivity contribution in [2.45, 2.75) is 24.8 Å². The Morgan fingerprint density at radius 3 is 2.62 bits per heavy atom. The Labute approximate surface area is 221 Å². The molecule has 1 amide bonds. The van der Waals surface area contributed by atoms with E-state index in [-0.39, 0.29) is 11.9 Å². The number of likely N-dealkylation sites (tertiary alicyclic amines) is 1. The van der Waals surface area contributed by atoms with Crippen LogP contribution >= 0.6 is 11.6 Å². The summed E-state index contributed by atoms with van der Waals surface area (Å²) in [5.41, 5.74) is 1.51. The highest BCUT2D eigenvalue weighted by atomic mass is 35.5. The van der Waals surface area contributed by atoms with Crippen LogP contribution < -0.4 is 5.32 Å². The quantitative estimate of drug-likeness (QED) is 0.387. The lowest BCUT2D eigenvalue weighted by molar-refractivity contribution is -0.135. The SMILES string of the molecule is C=C/C=C(\N=NC)N1CC(C(=O)N2CCCC(c3ccc(Cl)cc3)NCC2)[C@H](c2ccc(F)cc2F)C1. The van der Waals surface area contributed by atoms with Gasteiger partial charge in [0.2, 0.25) is 5.91 Å². The fourth-order valence-electron chi connectivity index (χ4n) is 5.28. The predicted octanol–water partition coefficient (Wildman–Crippen LogP) is 5.70. The van der Waals surface area contributed by atoms with Crippen molar-refractivity contribution in [1.29, 1.82) is 0 Å². The van der Waals surface area contributed by atoms with Crippen LogP contribution in [0.5, 0.6) is 0 Å². The standard InChI is InChI=1S/C28H32ClF2N5O/c1-3-5-27(34-32-2)36-17-23(22-12-11-21(30)16-25(22)31)24(18-36)28(37)35-14-4-6-26(33-13-15-35)19-7-9-20(29)10-8-19/h3,5,7-12,16,23-24,26,33H,1,4,6,13-15,17-18H2,2H3/b27-5+,34-32?/t23-,24?,26?/m0/s1. The molecule has 2 unspecified atom stereocenters. The third kappa shape index (κ3) is 6.43. The summed E-state index contributed by atoms with van der Waals surface area (Å²) in [6, 6.07) is 11.6. The second kappa shape index (κ2) is 12.4. The van der Waals surface area contributed by atoms with E-state index in [0.29, 0.717) is 49.1 Å². The van der Waals surface area contributed by atoms with Gasteiger partial charge in [-0.05, 0) is 48.2 Å². The van der Waals surface area contributed by atoms with Crippen LogP contribution in [0, 0.1) is 17.6 Å². The number of benzene rings is 2. The number of carbonyl (C=O) groups is 1. The molecule has 37 heavy (non-hydrogen) atoms. The summed E-state index contributed by atoms with van der Waals surface area (Å²) in [5.74, 6) is -1.72. The lowest BCUT2D eigenvalue weighted by Gasteiger charge is -2.32. The first kappa shape index (κ1) is 26.9. The van der Waals surface area contributed by atoms with Crippen molar-refractivity contribution >= 4 is 17.5 Å². The Morgan fingerprint density at radius 2 is 1.92 bits per heavy atom. The maximum absolute atomic E-state index is 14.9. The minimum Gasteiger partial charge on any atom is -0.354 e. The zero-order valence-electron chi connectivity index (χ0n) is 20.9. The average Bonchev–Trinajstić information content (AvgIpc) is 3.29. The van der Waals surface area contributed by atoms with Gasteiger partial charge < -0.3 is 15.1 Å². The van der Waals surface area contributed by atoms with Gasteiger partial charge in [-0.25, -0.2) is 8.78 Å². The van der Waals surface area contributed by atoms with Crippen LogP contribution in [0.3, 0.4) is 0 Å². The van der Waals surface area contributed by atoms with Crippen molar-refractivity contribution in [1.82, 2.24) is 15.1 Å². The van der Waals surface area contributed by atoms with E-state index in [1.807, 2.05) is 34.1 Å². The van der Waals surface area contributed by atoms with Crippen molar-refractivity contribution in [3.63, 3.8) is 0 Å². The van der Waals surface area contributed by atoms with Gasteiger partial charge in [-0.2, -0.15) is 5.11 Å². The topological polar surface area (TPSA) is 60.3 Å². The molecule has 6 nitrogen and oxygen atoms in total. The largest absolute Gasteiger partial charge is 0.354 e. The number of halogens is 3. The molecule has 0 radical (unpaired) electrons. The monoisotopic (exact) mass is 527 g/mol. The first-order chi connectivity index (χ1) is 17.9. The van der Waals surface area contributed by atoms with Crippen LogP contribution in [0.15, 0.2) is 77.2 Å². The molecule has 0 aromatic heterocycles. The van der Waals surface area contributed by atoms with E-state index in [1.54, 1.807) is 19.2 Å². The van der Waals surface area contributed by atoms with Crippen LogP contribution in [0.2, 0.25) is 5.02 Å². The summed E-state index contributed by atoms with van der Waals surface area (Å²) >= 11 is 6.03. The third-order valence-electron chi connectivity index (χ3n) is 7.07. The number of hydrogen-bond donors (Lipinski definition) is 1. The van der Waals surface area contributed by atoms with Crippen molar-refractivity contribution in [2.24, 2.45) is 16.1 Å². The molecule has 9 heteroatoms. The molecule has 2 aromatic rings. The number of carbonyl (C=O) groups excluding carboxylic acids is 1. The number of rotatable bonds is 6. The molecular weight excluding hydrogens is 496 g/mol. The molecule has 0 aliphatic carbocycles. The molecule has 2 aromatic carbocycles. The lowest BCUT2D eigenvalue weighted by atomic mass is 9.87. The molecule has 1 N–H and O–H groups in total. The summed E-state index contributed by atoms with van der Waals surface area (Å²) in [5, 5.41) is 12.3. The molecule has 2 aliphatic heterocycles. The first-order valence-electron chi connectivity index (χ1n) is 12.5. The fourth-order valence-corrected chi connectivity index (χ4v) is 5.40. The summed E-state index contributed by atoms with van der Waals surface area (Å²) in [6.07, 6.45) is 5.02. The molecule has 0 spiro atoms. The van der Waals surface area contributed by atoms with Crippen molar-refractivity contribution in [3.8, 4) is 0 Å². The molecule has 196 valence electrons. The molecule has 2 heterocycles. The summed E-state index contributed by atoms with van der Waals surface area (Å²) in [7, 11) is 1.57. The number of azo groups is 1. The fraction of sp³-hybridized carbons (Fsp3) is 0.393. The molecule has 3 atom stereocenters. The Morgan fingerprint density at radius 1 is 1.14 bits per heavy atom. The average molecular weight is 528 g/mol. The molecule has 2 saturated heterocycles. The van der Waals surface area contributed by atoms with Crippen LogP contribution in [-0.4, -0.2) is 55.5 Å². The van der Waals surface area contributed by atoms with Gasteiger partial charge in [0, 0.05) is 62.8 Å². The molecule has 2 aliphatic rings. The van der Waals surface area contributed by atoms with Crippen LogP contribution in [0.4, 0.5) is 8.78 Å². The molecule has 0 saturated carbocycles. The Hall–Kier alpha value is -3.10. The van der Waals surface area contributed by atoms with E-state index >= 15 is 0 Å². The first-order valence-corrected chi connectivity index (χ1v) is 12.9. The van der Waals surface area contributed by atoms with E-state index in [0.717, 1.165) is 18.9 Å². The summed E-state index contributed by atoms with van der Waals surface area (Å²) in [4.78, 5) is 17.7. The van der Waals surface area contributed by atoms with Crippen molar-refractivity contribution in [2.75, 3.05) is 39.8 Å². The summed E-state index contributed by atoms with van der Waals surface area (Å²) < 4.78 is 28.5. The maximum Gasteiger partial charge on any atom is 0.228 e. The Bertz CT molecular complexity index is 1160. The number of nitrogens with zero attached hydrogens (tertiary/aromatic N) is 4. The van der Waals surface area contributed by atoms with Gasteiger partial charge in [-0.3, -0.25) is 4.79 Å². The van der Waals surface area contributed by atoms with Gasteiger partial charge in [0.1, 0.15) is 11.6 Å². The van der Waals surface area contributed by atoms with Crippen LogP contribution in [0.1, 0.15) is 35.9 Å². The van der Waals surface area contributed by atoms with Gasteiger partial charge in [0.25, 0.3) is 0 Å². The van der Waals surface area contributed by atoms with E-state index in [9.17, 15) is 13.6 Å². The van der Waals surface area contributed by atoms with E-state index < -0.39 is 23.5 Å². The zero-order valence-corrected chi connectivity index (χ0v) is 21.7. The number of allylic oxidation sites excluding steroid dienone is 2. The van der Waals surface area contributed by atoms with Crippen molar-refractivity contribution in [3.05, 3.63) is 94.8 Å². The third-order valence-corrected chi connectivity index (χ3v) is 7.32. The minimum absolute atomic E-state index is 0.0330. The molecule has 2 fully saturated rings. The summed E-state index contributed by atoms with van der Waals surface area (Å²) in [6.45, 7) is 6.25. The Kier molecular flexibility index (Phi) is 9.05. The van der Waals surface area contributed by atoms with Gasteiger partial charge >= 0.3 is 0 Å². The number of nitrogens with one attached hydrogen (secondary N) is 1. The lowest BCUT2D eigenvalue weighted by Crippen LogP contribution is -2.45. The highest BCUT2D eigenvalue weighted by Crippen LogP contribution is 2.38. The predicted molar refractivity (Wildman–Crippen MR) is 141 cm³/mol. The van der Waals surface area contributed by atoms with Gasteiger partial charge in [0.05, 0.1) is 5.92 Å². The van der Waals surface area contributed by atoms with Crippen molar-refractivity contribution < 1.29 is 13.6 Å². The second-order valence-electron chi connectivity index (χ2n) is 9.37. The van der Waals surface area contributed by atoms with Gasteiger partial charge in [-0.1, -0.05) is 42.5 Å². The smallest absolute Gasteiger partial charge is 0.228 e. The van der Waals surface area contributed by atoms with Crippen LogP contribution in [0.25, 0.3) is 0 Å². The van der Waals surface area contributed by atoms with Gasteiger partial charge in [0.15, 0.2) is 5.82 Å². The highest BCUT2D eigenvalue weighted by Gasteiger charge is 2.42. The number of amides is 1. The van der Waals surface area contributed by atoms with Gasteiger partial charge in [-0.15, -0.1) is 5.11 Å². The maximum atomic E-state index is 14.9. The second-order valence-corrected chi connectivity index (χ2v) is 9.81. The van der Waals surface area contributed by atoms with Crippen LogP contribution in [-0.2, 0) is 4.79 Å².